The standard InChI is InChI=1S/C19H23N3O4/c1-13-10-14(2)19(15(3)11-13)26-12-18(23)21-9-8-20-16-6-4-5-7-17(16)22(24)25/h4-7,10-11,20H,8-9,12H2,1-3H3,(H,21,23). The zero-order chi connectivity index (χ0) is 19.1. The highest BCUT2D eigenvalue weighted by molar-refractivity contribution is 5.77. The number of amides is 1. The van der Waals surface area contributed by atoms with Crippen LogP contribution in [0.3, 0.4) is 0 Å². The molecule has 2 aromatic carbocycles. The molecule has 0 saturated heterocycles. The molecule has 2 N–H and O–H groups in total. The number of hydrogen-bond acceptors (Lipinski definition) is 5. The maximum Gasteiger partial charge on any atom is 0.292 e. The molecule has 138 valence electrons. The summed E-state index contributed by atoms with van der Waals surface area (Å²) in [7, 11) is 0. The molecule has 26 heavy (non-hydrogen) atoms. The normalized spacial score (nSPS) is 10.3. The predicted molar refractivity (Wildman–Crippen MR) is 101 cm³/mol. The second-order valence-corrected chi connectivity index (χ2v) is 6.07. The molecule has 0 aliphatic heterocycles. The van der Waals surface area contributed by atoms with Gasteiger partial charge in [-0.3, -0.25) is 14.9 Å². The van der Waals surface area contributed by atoms with Gasteiger partial charge in [0.25, 0.3) is 11.6 Å². The molecule has 0 aromatic heterocycles. The number of carbonyl (C=O) groups excluding carboxylic acids is 1. The third-order valence-electron chi connectivity index (χ3n) is 3.82. The van der Waals surface area contributed by atoms with Crippen LogP contribution in [0.15, 0.2) is 36.4 Å². The molecule has 0 fully saturated rings. The van der Waals surface area contributed by atoms with Crippen molar-refractivity contribution in [2.45, 2.75) is 20.8 Å². The van der Waals surface area contributed by atoms with Gasteiger partial charge in [-0.05, 0) is 38.0 Å². The summed E-state index contributed by atoms with van der Waals surface area (Å²) in [6.45, 7) is 6.55. The van der Waals surface area contributed by atoms with Crippen LogP contribution in [0, 0.1) is 30.9 Å². The first-order valence-electron chi connectivity index (χ1n) is 8.33. The van der Waals surface area contributed by atoms with E-state index in [0.717, 1.165) is 22.4 Å². The van der Waals surface area contributed by atoms with Crippen molar-refractivity contribution in [3.05, 3.63) is 63.2 Å². The molecule has 7 heteroatoms. The van der Waals surface area contributed by atoms with Gasteiger partial charge >= 0.3 is 0 Å². The van der Waals surface area contributed by atoms with Gasteiger partial charge in [0.1, 0.15) is 11.4 Å². The van der Waals surface area contributed by atoms with E-state index >= 15 is 0 Å². The van der Waals surface area contributed by atoms with Crippen LogP contribution in [0.4, 0.5) is 11.4 Å². The minimum Gasteiger partial charge on any atom is -0.483 e. The van der Waals surface area contributed by atoms with Crippen LogP contribution >= 0.6 is 0 Å². The van der Waals surface area contributed by atoms with Gasteiger partial charge in [-0.15, -0.1) is 0 Å². The van der Waals surface area contributed by atoms with Gasteiger partial charge in [0.05, 0.1) is 4.92 Å². The van der Waals surface area contributed by atoms with Gasteiger partial charge in [-0.2, -0.15) is 0 Å². The number of hydrogen-bond donors (Lipinski definition) is 2. The number of nitro groups is 1. The number of rotatable bonds is 8. The largest absolute Gasteiger partial charge is 0.483 e. The molecule has 0 aliphatic rings. The van der Waals surface area contributed by atoms with E-state index in [9.17, 15) is 14.9 Å². The fraction of sp³-hybridized carbons (Fsp3) is 0.316. The fourth-order valence-corrected chi connectivity index (χ4v) is 2.76. The molecule has 2 rings (SSSR count). The van der Waals surface area contributed by atoms with E-state index in [2.05, 4.69) is 10.6 Å². The van der Waals surface area contributed by atoms with Crippen LogP contribution < -0.4 is 15.4 Å². The summed E-state index contributed by atoms with van der Waals surface area (Å²) in [4.78, 5) is 22.4. The Morgan fingerprint density at radius 2 is 1.77 bits per heavy atom. The van der Waals surface area contributed by atoms with Crippen molar-refractivity contribution in [1.82, 2.24) is 5.32 Å². The maximum absolute atomic E-state index is 11.9. The van der Waals surface area contributed by atoms with Crippen molar-refractivity contribution in [1.29, 1.82) is 0 Å². The van der Waals surface area contributed by atoms with Crippen molar-refractivity contribution in [2.24, 2.45) is 0 Å². The molecule has 0 bridgehead atoms. The van der Waals surface area contributed by atoms with Crippen molar-refractivity contribution in [3.63, 3.8) is 0 Å². The van der Waals surface area contributed by atoms with Crippen LogP contribution in [-0.2, 0) is 4.79 Å². The molecule has 0 aliphatic carbocycles. The lowest BCUT2D eigenvalue weighted by Gasteiger charge is -2.13. The molecule has 1 amide bonds. The maximum atomic E-state index is 11.9. The van der Waals surface area contributed by atoms with E-state index in [-0.39, 0.29) is 18.2 Å². The second-order valence-electron chi connectivity index (χ2n) is 6.07. The summed E-state index contributed by atoms with van der Waals surface area (Å²) >= 11 is 0. The van der Waals surface area contributed by atoms with Gasteiger partial charge in [0, 0.05) is 19.2 Å². The lowest BCUT2D eigenvalue weighted by Crippen LogP contribution is -2.32. The lowest BCUT2D eigenvalue weighted by molar-refractivity contribution is -0.384. The number of carbonyl (C=O) groups is 1. The number of ether oxygens (including phenoxy) is 1. The summed E-state index contributed by atoms with van der Waals surface area (Å²) in [5.41, 5.74) is 3.57. The molecule has 0 heterocycles. The molecule has 0 radical (unpaired) electrons. The number of nitrogens with zero attached hydrogens (tertiary/aromatic N) is 1. The average molecular weight is 357 g/mol. The van der Waals surface area contributed by atoms with Gasteiger partial charge in [-0.1, -0.05) is 29.8 Å². The number of para-hydroxylation sites is 2. The molecule has 2 aromatic rings. The van der Waals surface area contributed by atoms with E-state index < -0.39 is 4.92 Å². The Morgan fingerprint density at radius 3 is 2.42 bits per heavy atom. The Balaban J connectivity index is 1.77. The molecule has 0 saturated carbocycles. The van der Waals surface area contributed by atoms with E-state index in [1.165, 1.54) is 6.07 Å². The van der Waals surface area contributed by atoms with E-state index in [1.54, 1.807) is 18.2 Å². The van der Waals surface area contributed by atoms with Crippen molar-refractivity contribution in [3.8, 4) is 5.75 Å². The Morgan fingerprint density at radius 1 is 1.12 bits per heavy atom. The topological polar surface area (TPSA) is 93.5 Å². The zero-order valence-electron chi connectivity index (χ0n) is 15.2. The lowest BCUT2D eigenvalue weighted by atomic mass is 10.1. The van der Waals surface area contributed by atoms with Gasteiger partial charge in [0.15, 0.2) is 6.61 Å². The fourth-order valence-electron chi connectivity index (χ4n) is 2.76. The number of benzene rings is 2. The summed E-state index contributed by atoms with van der Waals surface area (Å²) < 4.78 is 5.63. The average Bonchev–Trinajstić information content (AvgIpc) is 2.58. The highest BCUT2D eigenvalue weighted by atomic mass is 16.6. The molecular formula is C19H23N3O4. The van der Waals surface area contributed by atoms with Gasteiger partial charge < -0.3 is 15.4 Å². The number of nitro benzene ring substituents is 1. The molecule has 0 spiro atoms. The van der Waals surface area contributed by atoms with Crippen LogP contribution in [0.25, 0.3) is 0 Å². The second kappa shape index (κ2) is 8.84. The van der Waals surface area contributed by atoms with E-state index in [1.807, 2.05) is 32.9 Å². The van der Waals surface area contributed by atoms with Crippen LogP contribution in [0.2, 0.25) is 0 Å². The van der Waals surface area contributed by atoms with Crippen molar-refractivity contribution < 1.29 is 14.5 Å². The van der Waals surface area contributed by atoms with Crippen LogP contribution in [-0.4, -0.2) is 30.5 Å². The van der Waals surface area contributed by atoms with Crippen molar-refractivity contribution >= 4 is 17.3 Å². The zero-order valence-corrected chi connectivity index (χ0v) is 15.2. The van der Waals surface area contributed by atoms with Crippen LogP contribution in [0.1, 0.15) is 16.7 Å². The molecular weight excluding hydrogens is 334 g/mol. The third kappa shape index (κ3) is 5.20. The van der Waals surface area contributed by atoms with E-state index in [4.69, 9.17) is 4.74 Å². The summed E-state index contributed by atoms with van der Waals surface area (Å²) in [6.07, 6.45) is 0. The Hall–Kier alpha value is -3.09. The first-order valence-corrected chi connectivity index (χ1v) is 8.33. The minimum absolute atomic E-state index is 0.00693. The number of nitrogens with one attached hydrogen (secondary N) is 2. The highest BCUT2D eigenvalue weighted by Gasteiger charge is 2.12. The van der Waals surface area contributed by atoms with Gasteiger partial charge in [0.2, 0.25) is 0 Å². The Labute approximate surface area is 152 Å². The quantitative estimate of drug-likeness (QED) is 0.430. The SMILES string of the molecule is Cc1cc(C)c(OCC(=O)NCCNc2ccccc2[N+](=O)[O-])c(C)c1. The first-order chi connectivity index (χ1) is 12.4. The van der Waals surface area contributed by atoms with E-state index in [0.29, 0.717) is 18.8 Å². The van der Waals surface area contributed by atoms with Crippen LogP contribution in [0.5, 0.6) is 5.75 Å². The smallest absolute Gasteiger partial charge is 0.292 e. The minimum atomic E-state index is -0.443. The first kappa shape index (κ1) is 19.2. The number of aryl methyl sites for hydroxylation is 3. The predicted octanol–water partition coefficient (Wildman–Crippen LogP) is 3.13. The molecule has 0 unspecified atom stereocenters. The molecule has 0 atom stereocenters. The Kier molecular flexibility index (Phi) is 6.54. The summed E-state index contributed by atoms with van der Waals surface area (Å²) in [5, 5.41) is 16.6. The number of anilines is 1. The summed E-state index contributed by atoms with van der Waals surface area (Å²) in [6, 6.07) is 10.4. The Bertz CT molecular complexity index is 782. The van der Waals surface area contributed by atoms with Gasteiger partial charge in [-0.25, -0.2) is 0 Å². The highest BCUT2D eigenvalue weighted by Crippen LogP contribution is 2.24. The molecule has 7 nitrogen and oxygen atoms in total. The monoisotopic (exact) mass is 357 g/mol. The summed E-state index contributed by atoms with van der Waals surface area (Å²) in [5.74, 6) is 0.484. The third-order valence-corrected chi connectivity index (χ3v) is 3.82. The van der Waals surface area contributed by atoms with Crippen molar-refractivity contribution in [2.75, 3.05) is 25.0 Å².